The predicted molar refractivity (Wildman–Crippen MR) is 95.1 cm³/mol. The van der Waals surface area contributed by atoms with Crippen LogP contribution in [-0.4, -0.2) is 21.4 Å². The molecule has 1 aromatic carbocycles. The summed E-state index contributed by atoms with van der Waals surface area (Å²) in [6.45, 7) is 1.33. The summed E-state index contributed by atoms with van der Waals surface area (Å²) in [5, 5.41) is 4.44. The van der Waals surface area contributed by atoms with Gasteiger partial charge in [-0.25, -0.2) is 4.68 Å². The molecular formula is C20H21N3O2. The Labute approximate surface area is 147 Å². The molecule has 1 unspecified atom stereocenters. The van der Waals surface area contributed by atoms with Gasteiger partial charge in [0, 0.05) is 12.8 Å². The molecule has 3 heterocycles. The van der Waals surface area contributed by atoms with Crippen LogP contribution >= 0.6 is 0 Å². The van der Waals surface area contributed by atoms with E-state index in [1.54, 1.807) is 12.4 Å². The zero-order valence-corrected chi connectivity index (χ0v) is 14.0. The fourth-order valence-corrected chi connectivity index (χ4v) is 3.02. The lowest BCUT2D eigenvalue weighted by Gasteiger charge is -2.24. The molecule has 5 nitrogen and oxygen atoms in total. The molecule has 0 radical (unpaired) electrons. The van der Waals surface area contributed by atoms with Crippen LogP contribution in [-0.2, 0) is 11.3 Å². The second-order valence-corrected chi connectivity index (χ2v) is 6.14. The topological polar surface area (TPSA) is 49.2 Å². The number of pyridine rings is 1. The summed E-state index contributed by atoms with van der Waals surface area (Å²) in [7, 11) is 0. The quantitative estimate of drug-likeness (QED) is 0.700. The van der Waals surface area contributed by atoms with Gasteiger partial charge in [0.1, 0.15) is 12.4 Å². The molecule has 128 valence electrons. The Morgan fingerprint density at radius 2 is 2.00 bits per heavy atom. The molecule has 0 spiro atoms. The van der Waals surface area contributed by atoms with Crippen LogP contribution in [0.3, 0.4) is 0 Å². The minimum Gasteiger partial charge on any atom is -0.487 e. The smallest absolute Gasteiger partial charge is 0.150 e. The zero-order chi connectivity index (χ0) is 16.9. The molecule has 1 aliphatic rings. The minimum absolute atomic E-state index is 0.00885. The Hall–Kier alpha value is -2.66. The largest absolute Gasteiger partial charge is 0.487 e. The molecule has 0 N–H and O–H groups in total. The van der Waals surface area contributed by atoms with E-state index < -0.39 is 0 Å². The normalized spacial score (nSPS) is 17.4. The number of hydrogen-bond acceptors (Lipinski definition) is 4. The average molecular weight is 335 g/mol. The average Bonchev–Trinajstić information content (AvgIpc) is 3.18. The van der Waals surface area contributed by atoms with E-state index in [0.717, 1.165) is 42.1 Å². The van der Waals surface area contributed by atoms with Crippen molar-refractivity contribution in [1.29, 1.82) is 0 Å². The highest BCUT2D eigenvalue weighted by Gasteiger charge is 2.19. The zero-order valence-electron chi connectivity index (χ0n) is 14.0. The lowest BCUT2D eigenvalue weighted by Crippen LogP contribution is -2.20. The summed E-state index contributed by atoms with van der Waals surface area (Å²) < 4.78 is 13.6. The Morgan fingerprint density at radius 1 is 1.08 bits per heavy atom. The van der Waals surface area contributed by atoms with E-state index in [9.17, 15) is 0 Å². The summed E-state index contributed by atoms with van der Waals surface area (Å²) >= 11 is 0. The third-order valence-electron chi connectivity index (χ3n) is 4.35. The highest BCUT2D eigenvalue weighted by molar-refractivity contribution is 5.54. The Balaban J connectivity index is 1.46. The van der Waals surface area contributed by atoms with Crippen molar-refractivity contribution >= 4 is 0 Å². The van der Waals surface area contributed by atoms with Crippen LogP contribution in [0.5, 0.6) is 5.75 Å². The first-order valence-corrected chi connectivity index (χ1v) is 8.68. The van der Waals surface area contributed by atoms with Crippen LogP contribution in [0, 0.1) is 0 Å². The maximum absolute atomic E-state index is 5.84. The van der Waals surface area contributed by atoms with Gasteiger partial charge in [-0.2, -0.15) is 5.10 Å². The van der Waals surface area contributed by atoms with Crippen LogP contribution in [0.1, 0.15) is 31.1 Å². The van der Waals surface area contributed by atoms with Crippen molar-refractivity contribution in [2.45, 2.75) is 32.1 Å². The number of rotatable bonds is 5. The van der Waals surface area contributed by atoms with Gasteiger partial charge in [0.2, 0.25) is 0 Å². The molecule has 1 atom stereocenters. The first-order valence-electron chi connectivity index (χ1n) is 8.68. The standard InChI is InChI=1S/C20H21N3O2/c1-2-6-16(7-3-1)15-25-17-9-10-18(21-14-17)19-11-12-22-23(19)20-8-4-5-13-24-20/h1-3,6-7,9-12,14,20H,4-5,8,13,15H2. The minimum atomic E-state index is 0.00885. The van der Waals surface area contributed by atoms with Gasteiger partial charge >= 0.3 is 0 Å². The lowest BCUT2D eigenvalue weighted by molar-refractivity contribution is -0.0384. The Bertz CT molecular complexity index is 793. The van der Waals surface area contributed by atoms with Crippen LogP contribution in [0.2, 0.25) is 0 Å². The molecule has 0 bridgehead atoms. The summed E-state index contributed by atoms with van der Waals surface area (Å²) in [5.74, 6) is 0.757. The second-order valence-electron chi connectivity index (χ2n) is 6.14. The molecule has 1 fully saturated rings. The molecular weight excluding hydrogens is 314 g/mol. The third kappa shape index (κ3) is 3.72. The maximum atomic E-state index is 5.84. The SMILES string of the molecule is c1ccc(COc2ccc(-c3ccnn3C3CCCCO3)nc2)cc1. The van der Waals surface area contributed by atoms with E-state index in [0.29, 0.717) is 6.61 Å². The van der Waals surface area contributed by atoms with E-state index >= 15 is 0 Å². The van der Waals surface area contributed by atoms with Gasteiger partial charge in [-0.3, -0.25) is 4.98 Å². The van der Waals surface area contributed by atoms with Crippen molar-refractivity contribution in [2.75, 3.05) is 6.61 Å². The fourth-order valence-electron chi connectivity index (χ4n) is 3.02. The molecule has 1 aliphatic heterocycles. The molecule has 25 heavy (non-hydrogen) atoms. The number of hydrogen-bond donors (Lipinski definition) is 0. The van der Waals surface area contributed by atoms with Gasteiger partial charge in [0.05, 0.1) is 17.6 Å². The van der Waals surface area contributed by atoms with Crippen molar-refractivity contribution in [3.8, 4) is 17.1 Å². The number of nitrogens with zero attached hydrogens (tertiary/aromatic N) is 3. The number of ether oxygens (including phenoxy) is 2. The van der Waals surface area contributed by atoms with Crippen molar-refractivity contribution in [3.05, 3.63) is 66.5 Å². The highest BCUT2D eigenvalue weighted by Crippen LogP contribution is 2.28. The first kappa shape index (κ1) is 15.8. The number of benzene rings is 1. The van der Waals surface area contributed by atoms with Crippen molar-refractivity contribution < 1.29 is 9.47 Å². The fraction of sp³-hybridized carbons (Fsp3) is 0.300. The van der Waals surface area contributed by atoms with Crippen molar-refractivity contribution in [2.24, 2.45) is 0 Å². The summed E-state index contributed by atoms with van der Waals surface area (Å²) in [4.78, 5) is 4.55. The first-order chi connectivity index (χ1) is 12.4. The summed E-state index contributed by atoms with van der Waals surface area (Å²) in [6, 6.07) is 16.0. The number of aromatic nitrogens is 3. The van der Waals surface area contributed by atoms with E-state index in [2.05, 4.69) is 10.1 Å². The van der Waals surface area contributed by atoms with Crippen molar-refractivity contribution in [3.63, 3.8) is 0 Å². The third-order valence-corrected chi connectivity index (χ3v) is 4.35. The van der Waals surface area contributed by atoms with Gasteiger partial charge in [0.25, 0.3) is 0 Å². The molecule has 1 saturated heterocycles. The summed E-state index contributed by atoms with van der Waals surface area (Å²) in [6.07, 6.45) is 6.86. The van der Waals surface area contributed by atoms with Crippen LogP contribution in [0.15, 0.2) is 60.9 Å². The van der Waals surface area contributed by atoms with E-state index in [1.165, 1.54) is 6.42 Å². The Kier molecular flexibility index (Phi) is 4.74. The molecule has 4 rings (SSSR count). The molecule has 2 aromatic heterocycles. The maximum Gasteiger partial charge on any atom is 0.150 e. The van der Waals surface area contributed by atoms with Gasteiger partial charge in [-0.05, 0) is 43.0 Å². The molecule has 0 aliphatic carbocycles. The predicted octanol–water partition coefficient (Wildman–Crippen LogP) is 4.22. The van der Waals surface area contributed by atoms with Gasteiger partial charge in [0.15, 0.2) is 6.23 Å². The van der Waals surface area contributed by atoms with E-state index in [-0.39, 0.29) is 6.23 Å². The van der Waals surface area contributed by atoms with Gasteiger partial charge in [-0.1, -0.05) is 30.3 Å². The second kappa shape index (κ2) is 7.49. The van der Waals surface area contributed by atoms with Crippen molar-refractivity contribution in [1.82, 2.24) is 14.8 Å². The van der Waals surface area contributed by atoms with Gasteiger partial charge < -0.3 is 9.47 Å². The summed E-state index contributed by atoms with van der Waals surface area (Å²) in [5.41, 5.74) is 2.99. The lowest BCUT2D eigenvalue weighted by atomic mass is 10.2. The van der Waals surface area contributed by atoms with Gasteiger partial charge in [-0.15, -0.1) is 0 Å². The van der Waals surface area contributed by atoms with Crippen LogP contribution < -0.4 is 4.74 Å². The molecule has 5 heteroatoms. The highest BCUT2D eigenvalue weighted by atomic mass is 16.5. The van der Waals surface area contributed by atoms with Crippen LogP contribution in [0.25, 0.3) is 11.4 Å². The van der Waals surface area contributed by atoms with E-state index in [1.807, 2.05) is 53.2 Å². The Morgan fingerprint density at radius 3 is 2.76 bits per heavy atom. The monoisotopic (exact) mass is 335 g/mol. The van der Waals surface area contributed by atoms with Crippen LogP contribution in [0.4, 0.5) is 0 Å². The molecule has 3 aromatic rings. The molecule has 0 amide bonds. The van der Waals surface area contributed by atoms with E-state index in [4.69, 9.17) is 9.47 Å². The molecule has 0 saturated carbocycles.